The second kappa shape index (κ2) is 9.15. The van der Waals surface area contributed by atoms with E-state index in [0.717, 1.165) is 5.56 Å². The third kappa shape index (κ3) is 8.83. The molecule has 1 aromatic carbocycles. The Morgan fingerprint density at radius 1 is 1.13 bits per heavy atom. The first-order valence-corrected chi connectivity index (χ1v) is 7.59. The molecule has 0 saturated heterocycles. The fourth-order valence-corrected chi connectivity index (χ4v) is 1.80. The minimum atomic E-state index is -0.956. The summed E-state index contributed by atoms with van der Waals surface area (Å²) in [6.07, 6.45) is -0.664. The molecule has 1 rings (SSSR count). The molecule has 0 unspecified atom stereocenters. The highest BCUT2D eigenvalue weighted by atomic mass is 16.6. The van der Waals surface area contributed by atoms with Crippen LogP contribution in [0.1, 0.15) is 32.8 Å². The molecule has 0 aliphatic heterocycles. The van der Waals surface area contributed by atoms with E-state index in [1.54, 1.807) is 0 Å². The summed E-state index contributed by atoms with van der Waals surface area (Å²) in [7, 11) is 0. The number of rotatable bonds is 8. The molecule has 0 fully saturated rings. The molecule has 1 aromatic rings. The summed E-state index contributed by atoms with van der Waals surface area (Å²) in [6, 6.07) is 9.33. The van der Waals surface area contributed by atoms with Gasteiger partial charge in [0, 0.05) is 13.1 Å². The zero-order valence-electron chi connectivity index (χ0n) is 13.9. The lowest BCUT2D eigenvalue weighted by Gasteiger charge is -2.25. The van der Waals surface area contributed by atoms with E-state index in [2.05, 4.69) is 0 Å². The summed E-state index contributed by atoms with van der Waals surface area (Å²) in [5, 5.41) is 8.80. The highest BCUT2D eigenvalue weighted by molar-refractivity contribution is 5.70. The highest BCUT2D eigenvalue weighted by Crippen LogP contribution is 2.08. The lowest BCUT2D eigenvalue weighted by Crippen LogP contribution is -2.37. The Balaban J connectivity index is 2.51. The Morgan fingerprint density at radius 2 is 1.78 bits per heavy atom. The molecule has 0 bridgehead atoms. The number of carboxylic acids is 1. The van der Waals surface area contributed by atoms with E-state index in [1.807, 2.05) is 51.1 Å². The van der Waals surface area contributed by atoms with Crippen LogP contribution in [0.4, 0.5) is 4.79 Å². The number of aliphatic carboxylic acids is 1. The third-order valence-electron chi connectivity index (χ3n) is 2.96. The molecule has 6 heteroatoms. The number of benzene rings is 1. The van der Waals surface area contributed by atoms with Gasteiger partial charge < -0.3 is 19.5 Å². The number of ether oxygens (including phenoxy) is 2. The van der Waals surface area contributed by atoms with Gasteiger partial charge in [-0.15, -0.1) is 0 Å². The lowest BCUT2D eigenvalue weighted by molar-refractivity contribution is -0.137. The van der Waals surface area contributed by atoms with Crippen LogP contribution in [-0.4, -0.2) is 47.4 Å². The smallest absolute Gasteiger partial charge is 0.410 e. The second-order valence-corrected chi connectivity index (χ2v) is 6.13. The van der Waals surface area contributed by atoms with E-state index in [4.69, 9.17) is 14.6 Å². The predicted octanol–water partition coefficient (Wildman–Crippen LogP) is 2.92. The van der Waals surface area contributed by atoms with Gasteiger partial charge in [0.05, 0.1) is 18.6 Å². The maximum absolute atomic E-state index is 12.1. The maximum Gasteiger partial charge on any atom is 0.410 e. The van der Waals surface area contributed by atoms with Crippen LogP contribution < -0.4 is 0 Å². The molecule has 23 heavy (non-hydrogen) atoms. The highest BCUT2D eigenvalue weighted by Gasteiger charge is 2.18. The van der Waals surface area contributed by atoms with Gasteiger partial charge in [-0.3, -0.25) is 4.79 Å². The number of nitrogens with zero attached hydrogens (tertiary/aromatic N) is 1. The van der Waals surface area contributed by atoms with Crippen molar-refractivity contribution in [2.45, 2.75) is 39.4 Å². The minimum absolute atomic E-state index is 0.0937. The van der Waals surface area contributed by atoms with E-state index in [0.29, 0.717) is 6.61 Å². The number of hydrogen-bond acceptors (Lipinski definition) is 4. The van der Waals surface area contributed by atoms with Crippen molar-refractivity contribution in [2.75, 3.05) is 19.7 Å². The van der Waals surface area contributed by atoms with Crippen LogP contribution in [0.5, 0.6) is 0 Å². The molecular weight excluding hydrogens is 298 g/mol. The van der Waals surface area contributed by atoms with Crippen LogP contribution in [-0.2, 0) is 20.9 Å². The summed E-state index contributed by atoms with van der Waals surface area (Å²) >= 11 is 0. The monoisotopic (exact) mass is 323 g/mol. The normalized spacial score (nSPS) is 11.1. The van der Waals surface area contributed by atoms with Crippen molar-refractivity contribution < 1.29 is 24.2 Å². The van der Waals surface area contributed by atoms with Crippen molar-refractivity contribution in [3.63, 3.8) is 0 Å². The van der Waals surface area contributed by atoms with Crippen molar-refractivity contribution in [1.82, 2.24) is 4.90 Å². The molecule has 1 amide bonds. The third-order valence-corrected chi connectivity index (χ3v) is 2.96. The van der Waals surface area contributed by atoms with Crippen LogP contribution in [0.15, 0.2) is 30.3 Å². The van der Waals surface area contributed by atoms with Gasteiger partial charge in [0.15, 0.2) is 0 Å². The fourth-order valence-electron chi connectivity index (χ4n) is 1.80. The molecule has 0 saturated carbocycles. The van der Waals surface area contributed by atoms with E-state index in [9.17, 15) is 9.59 Å². The molecule has 0 atom stereocenters. The molecule has 1 N–H and O–H groups in total. The van der Waals surface area contributed by atoms with E-state index < -0.39 is 12.1 Å². The van der Waals surface area contributed by atoms with Crippen LogP contribution in [0.25, 0.3) is 0 Å². The van der Waals surface area contributed by atoms with Crippen LogP contribution in [0.2, 0.25) is 0 Å². The topological polar surface area (TPSA) is 76.1 Å². The number of hydrogen-bond donors (Lipinski definition) is 1. The van der Waals surface area contributed by atoms with Crippen molar-refractivity contribution >= 4 is 12.1 Å². The molecule has 0 heterocycles. The maximum atomic E-state index is 12.1. The number of carbonyl (C=O) groups excluding carboxylic acids is 1. The van der Waals surface area contributed by atoms with Gasteiger partial charge in [0.2, 0.25) is 0 Å². The van der Waals surface area contributed by atoms with Crippen LogP contribution in [0, 0.1) is 0 Å². The van der Waals surface area contributed by atoms with Crippen molar-refractivity contribution in [2.24, 2.45) is 0 Å². The number of carbonyl (C=O) groups is 2. The van der Waals surface area contributed by atoms with Gasteiger partial charge in [-0.1, -0.05) is 30.3 Å². The first kappa shape index (κ1) is 19.0. The van der Waals surface area contributed by atoms with Crippen molar-refractivity contribution in [3.8, 4) is 0 Å². The van der Waals surface area contributed by atoms with Gasteiger partial charge in [-0.05, 0) is 26.3 Å². The molecule has 128 valence electrons. The van der Waals surface area contributed by atoms with Gasteiger partial charge in [0.25, 0.3) is 0 Å². The summed E-state index contributed by atoms with van der Waals surface area (Å²) in [4.78, 5) is 24.2. The predicted molar refractivity (Wildman–Crippen MR) is 86.2 cm³/mol. The molecule has 6 nitrogen and oxygen atoms in total. The summed E-state index contributed by atoms with van der Waals surface area (Å²) in [6.45, 7) is 6.62. The Labute approximate surface area is 137 Å². The summed E-state index contributed by atoms with van der Waals surface area (Å²) < 4.78 is 10.8. The largest absolute Gasteiger partial charge is 0.481 e. The molecular formula is C17H25NO5. The van der Waals surface area contributed by atoms with E-state index in [1.165, 1.54) is 4.90 Å². The lowest BCUT2D eigenvalue weighted by atomic mass is 10.2. The SMILES string of the molecule is CC(C)(C)OCCN(CCC(=O)O)C(=O)OCc1ccccc1. The molecule has 0 aliphatic rings. The summed E-state index contributed by atoms with van der Waals surface area (Å²) in [5.41, 5.74) is 0.567. The fraction of sp³-hybridized carbons (Fsp3) is 0.529. The molecule has 0 aromatic heterocycles. The van der Waals surface area contributed by atoms with Crippen LogP contribution in [0.3, 0.4) is 0 Å². The first-order valence-electron chi connectivity index (χ1n) is 7.59. The van der Waals surface area contributed by atoms with E-state index in [-0.39, 0.29) is 31.7 Å². The average molecular weight is 323 g/mol. The number of amides is 1. The standard InChI is InChI=1S/C17H25NO5/c1-17(2,3)23-12-11-18(10-9-15(19)20)16(21)22-13-14-7-5-4-6-8-14/h4-8H,9-13H2,1-3H3,(H,19,20). The molecule has 0 aliphatic carbocycles. The minimum Gasteiger partial charge on any atom is -0.481 e. The summed E-state index contributed by atoms with van der Waals surface area (Å²) in [5.74, 6) is -0.956. The quantitative estimate of drug-likeness (QED) is 0.796. The Hall–Kier alpha value is -2.08. The molecule has 0 spiro atoms. The first-order chi connectivity index (χ1) is 10.8. The Bertz CT molecular complexity index is 495. The van der Waals surface area contributed by atoms with Gasteiger partial charge in [-0.25, -0.2) is 4.79 Å². The zero-order chi connectivity index (χ0) is 17.3. The van der Waals surface area contributed by atoms with E-state index >= 15 is 0 Å². The molecule has 0 radical (unpaired) electrons. The van der Waals surface area contributed by atoms with Crippen LogP contribution >= 0.6 is 0 Å². The van der Waals surface area contributed by atoms with Gasteiger partial charge >= 0.3 is 12.1 Å². The Kier molecular flexibility index (Phi) is 7.54. The van der Waals surface area contributed by atoms with Gasteiger partial charge in [0.1, 0.15) is 6.61 Å². The van der Waals surface area contributed by atoms with Gasteiger partial charge in [-0.2, -0.15) is 0 Å². The van der Waals surface area contributed by atoms with Crippen molar-refractivity contribution in [3.05, 3.63) is 35.9 Å². The zero-order valence-corrected chi connectivity index (χ0v) is 13.9. The van der Waals surface area contributed by atoms with Crippen molar-refractivity contribution in [1.29, 1.82) is 0 Å². The Morgan fingerprint density at radius 3 is 2.35 bits per heavy atom. The second-order valence-electron chi connectivity index (χ2n) is 6.13. The average Bonchev–Trinajstić information content (AvgIpc) is 2.48. The number of carboxylic acid groups (broad SMARTS) is 1.